The van der Waals surface area contributed by atoms with Crippen molar-refractivity contribution in [3.05, 3.63) is 26.6 Å². The van der Waals surface area contributed by atoms with Crippen LogP contribution in [0.4, 0.5) is 15.9 Å². The lowest BCUT2D eigenvalue weighted by molar-refractivity contribution is -0.387. The first-order valence-electron chi connectivity index (χ1n) is 2.78. The second-order valence-corrected chi connectivity index (χ2v) is 2.71. The van der Waals surface area contributed by atoms with Crippen molar-refractivity contribution in [1.29, 1.82) is 0 Å². The third kappa shape index (κ3) is 1.35. The van der Waals surface area contributed by atoms with Crippen LogP contribution in [0.1, 0.15) is 0 Å². The van der Waals surface area contributed by atoms with Gasteiger partial charge < -0.3 is 5.73 Å². The van der Waals surface area contributed by atoms with Crippen LogP contribution >= 0.6 is 15.9 Å². The average Bonchev–Trinajstić information content (AvgIpc) is 2.00. The van der Waals surface area contributed by atoms with Crippen molar-refractivity contribution < 1.29 is 9.31 Å². The van der Waals surface area contributed by atoms with Crippen LogP contribution in [0, 0.1) is 15.9 Å². The predicted octanol–water partition coefficient (Wildman–Crippen LogP) is 1.47. The lowest BCUT2D eigenvalue weighted by Crippen LogP contribution is -1.99. The van der Waals surface area contributed by atoms with Crippen molar-refractivity contribution in [2.45, 2.75) is 0 Å². The highest BCUT2D eigenvalue weighted by Gasteiger charge is 2.19. The zero-order valence-electron chi connectivity index (χ0n) is 5.62. The zero-order valence-corrected chi connectivity index (χ0v) is 7.21. The Morgan fingerprint density at radius 1 is 1.75 bits per heavy atom. The molecule has 0 aliphatic rings. The van der Waals surface area contributed by atoms with Crippen LogP contribution < -0.4 is 5.73 Å². The largest absolute Gasteiger partial charge is 0.383 e. The van der Waals surface area contributed by atoms with Crippen LogP contribution in [0.25, 0.3) is 0 Å². The van der Waals surface area contributed by atoms with E-state index in [-0.39, 0.29) is 10.3 Å². The van der Waals surface area contributed by atoms with Crippen LogP contribution in [0.5, 0.6) is 0 Å². The number of halogens is 2. The van der Waals surface area contributed by atoms with Crippen molar-refractivity contribution in [3.63, 3.8) is 0 Å². The molecule has 0 bridgehead atoms. The highest BCUT2D eigenvalue weighted by molar-refractivity contribution is 9.10. The first kappa shape index (κ1) is 8.85. The molecule has 7 heteroatoms. The van der Waals surface area contributed by atoms with Crippen molar-refractivity contribution in [2.24, 2.45) is 0 Å². The molecule has 0 amide bonds. The van der Waals surface area contributed by atoms with E-state index in [0.717, 1.165) is 6.20 Å². The van der Waals surface area contributed by atoms with Crippen LogP contribution in [0.3, 0.4) is 0 Å². The van der Waals surface area contributed by atoms with Crippen molar-refractivity contribution in [3.8, 4) is 0 Å². The van der Waals surface area contributed by atoms with Crippen molar-refractivity contribution in [1.82, 2.24) is 4.98 Å². The van der Waals surface area contributed by atoms with Gasteiger partial charge in [0.15, 0.2) is 0 Å². The Morgan fingerprint density at radius 2 is 2.33 bits per heavy atom. The first-order chi connectivity index (χ1) is 5.54. The molecule has 0 aliphatic carbocycles. The van der Waals surface area contributed by atoms with Gasteiger partial charge in [-0.2, -0.15) is 4.39 Å². The zero-order chi connectivity index (χ0) is 9.30. The minimum absolute atomic E-state index is 0.113. The topological polar surface area (TPSA) is 82.0 Å². The fourth-order valence-electron chi connectivity index (χ4n) is 0.596. The summed E-state index contributed by atoms with van der Waals surface area (Å²) >= 11 is 2.73. The van der Waals surface area contributed by atoms with E-state index >= 15 is 0 Å². The van der Waals surface area contributed by atoms with Crippen LogP contribution in [-0.4, -0.2) is 9.91 Å². The number of pyridine rings is 1. The van der Waals surface area contributed by atoms with Crippen LogP contribution in [-0.2, 0) is 0 Å². The molecule has 0 saturated carbocycles. The fourth-order valence-corrected chi connectivity index (χ4v) is 0.902. The van der Waals surface area contributed by atoms with Gasteiger partial charge in [0.25, 0.3) is 0 Å². The quantitative estimate of drug-likeness (QED) is 0.591. The molecule has 0 atom stereocenters. The Hall–Kier alpha value is -1.24. The van der Waals surface area contributed by atoms with E-state index in [1.165, 1.54) is 0 Å². The van der Waals surface area contributed by atoms with E-state index in [2.05, 4.69) is 20.9 Å². The minimum atomic E-state index is -1.01. The summed E-state index contributed by atoms with van der Waals surface area (Å²) in [5.74, 6) is -1.12. The van der Waals surface area contributed by atoms with E-state index in [1.807, 2.05) is 0 Å². The Balaban J connectivity index is 3.36. The first-order valence-corrected chi connectivity index (χ1v) is 3.57. The van der Waals surface area contributed by atoms with Gasteiger partial charge in [0, 0.05) is 0 Å². The summed E-state index contributed by atoms with van der Waals surface area (Å²) in [6, 6.07) is 0. The van der Waals surface area contributed by atoms with Gasteiger partial charge in [-0.05, 0) is 15.9 Å². The number of nitrogens with zero attached hydrogens (tertiary/aromatic N) is 2. The molecular formula is C5H3BrFN3O2. The maximum absolute atomic E-state index is 12.9. The maximum Gasteiger partial charge on any atom is 0.324 e. The second kappa shape index (κ2) is 3.02. The Bertz CT molecular complexity index is 344. The molecule has 2 N–H and O–H groups in total. The smallest absolute Gasteiger partial charge is 0.324 e. The van der Waals surface area contributed by atoms with Gasteiger partial charge in [-0.3, -0.25) is 10.1 Å². The van der Waals surface area contributed by atoms with Gasteiger partial charge in [-0.25, -0.2) is 4.98 Å². The summed E-state index contributed by atoms with van der Waals surface area (Å²) in [7, 11) is 0. The molecule has 0 unspecified atom stereocenters. The van der Waals surface area contributed by atoms with Gasteiger partial charge in [0.1, 0.15) is 16.5 Å². The number of rotatable bonds is 1. The van der Waals surface area contributed by atoms with E-state index in [0.29, 0.717) is 0 Å². The lowest BCUT2D eigenvalue weighted by Gasteiger charge is -1.97. The number of hydrogen-bond donors (Lipinski definition) is 1. The third-order valence-corrected chi connectivity index (χ3v) is 1.92. The molecule has 0 aliphatic heterocycles. The number of aromatic nitrogens is 1. The molecule has 0 radical (unpaired) electrons. The fraction of sp³-hybridized carbons (Fsp3) is 0. The molecule has 0 saturated heterocycles. The summed E-state index contributed by atoms with van der Waals surface area (Å²) in [4.78, 5) is 12.7. The Labute approximate surface area is 74.7 Å². The second-order valence-electron chi connectivity index (χ2n) is 1.91. The van der Waals surface area contributed by atoms with Gasteiger partial charge in [0.2, 0.25) is 5.82 Å². The van der Waals surface area contributed by atoms with Crippen molar-refractivity contribution in [2.75, 3.05) is 5.73 Å². The standard InChI is InChI=1S/C5H3BrFN3O2/c6-3-4(7)2(10(11)12)1-9-5(3)8/h1H,(H2,8,9). The summed E-state index contributed by atoms with van der Waals surface area (Å²) in [6.45, 7) is 0. The number of nitro groups is 1. The molecule has 0 fully saturated rings. The SMILES string of the molecule is Nc1ncc([N+](=O)[O-])c(F)c1Br. The Kier molecular flexibility index (Phi) is 2.22. The number of anilines is 1. The number of nitrogen functional groups attached to an aromatic ring is 1. The van der Waals surface area contributed by atoms with Gasteiger partial charge in [0.05, 0.1) is 4.92 Å². The van der Waals surface area contributed by atoms with E-state index in [4.69, 9.17) is 5.73 Å². The summed E-state index contributed by atoms with van der Waals surface area (Å²) in [5.41, 5.74) is 4.47. The van der Waals surface area contributed by atoms with E-state index < -0.39 is 16.4 Å². The molecule has 1 rings (SSSR count). The monoisotopic (exact) mass is 235 g/mol. The third-order valence-electron chi connectivity index (χ3n) is 1.17. The van der Waals surface area contributed by atoms with Crippen LogP contribution in [0.15, 0.2) is 10.7 Å². The van der Waals surface area contributed by atoms with E-state index in [9.17, 15) is 14.5 Å². The summed E-state index contributed by atoms with van der Waals surface area (Å²) in [6.07, 6.45) is 0.773. The predicted molar refractivity (Wildman–Crippen MR) is 43.0 cm³/mol. The number of nitrogens with two attached hydrogens (primary N) is 1. The normalized spacial score (nSPS) is 9.83. The van der Waals surface area contributed by atoms with Gasteiger partial charge in [-0.15, -0.1) is 0 Å². The molecule has 1 aromatic rings. The molecule has 5 nitrogen and oxygen atoms in total. The molecule has 0 spiro atoms. The molecule has 1 heterocycles. The molecule has 64 valence electrons. The van der Waals surface area contributed by atoms with Crippen LogP contribution in [0.2, 0.25) is 0 Å². The lowest BCUT2D eigenvalue weighted by atomic mass is 10.4. The molecule has 1 aromatic heterocycles. The molecule has 12 heavy (non-hydrogen) atoms. The molecule has 0 aromatic carbocycles. The molecular weight excluding hydrogens is 233 g/mol. The maximum atomic E-state index is 12.9. The van der Waals surface area contributed by atoms with E-state index in [1.54, 1.807) is 0 Å². The van der Waals surface area contributed by atoms with Gasteiger partial charge in [-0.1, -0.05) is 0 Å². The highest BCUT2D eigenvalue weighted by Crippen LogP contribution is 2.27. The average molecular weight is 236 g/mol. The summed E-state index contributed by atoms with van der Waals surface area (Å²) < 4.78 is 12.7. The van der Waals surface area contributed by atoms with Gasteiger partial charge >= 0.3 is 5.69 Å². The summed E-state index contributed by atoms with van der Waals surface area (Å²) in [5, 5.41) is 10.1. The number of hydrogen-bond acceptors (Lipinski definition) is 4. The minimum Gasteiger partial charge on any atom is -0.383 e. The highest BCUT2D eigenvalue weighted by atomic mass is 79.9. The Morgan fingerprint density at radius 3 is 2.83 bits per heavy atom. The van der Waals surface area contributed by atoms with Crippen molar-refractivity contribution >= 4 is 27.4 Å².